The monoisotopic (exact) mass is 242 g/mol. The Morgan fingerprint density at radius 2 is 2.35 bits per heavy atom. The molecule has 98 valence electrons. The van der Waals surface area contributed by atoms with Crippen LogP contribution in [0.4, 0.5) is 0 Å². The second kappa shape index (κ2) is 7.33. The second-order valence-electron chi connectivity index (χ2n) is 4.36. The maximum atomic E-state index is 10.5. The van der Waals surface area contributed by atoms with Gasteiger partial charge in [0.1, 0.15) is 0 Å². The van der Waals surface area contributed by atoms with E-state index in [4.69, 9.17) is 14.6 Å². The summed E-state index contributed by atoms with van der Waals surface area (Å²) < 4.78 is 11.2. The number of allylic oxidation sites excluding steroid dienone is 2. The number of ether oxygens (including phenoxy) is 2. The van der Waals surface area contributed by atoms with Crippen molar-refractivity contribution in [3.63, 3.8) is 0 Å². The topological polar surface area (TPSA) is 55.8 Å². The van der Waals surface area contributed by atoms with Gasteiger partial charge >= 0.3 is 5.97 Å². The van der Waals surface area contributed by atoms with Gasteiger partial charge in [0.2, 0.25) is 0 Å². The van der Waals surface area contributed by atoms with Crippen molar-refractivity contribution in [1.29, 1.82) is 0 Å². The molecule has 0 spiro atoms. The summed E-state index contributed by atoms with van der Waals surface area (Å²) in [4.78, 5) is 10.5. The molecule has 0 bridgehead atoms. The van der Waals surface area contributed by atoms with E-state index in [2.05, 4.69) is 6.92 Å². The van der Waals surface area contributed by atoms with Crippen molar-refractivity contribution in [2.45, 2.75) is 58.7 Å². The van der Waals surface area contributed by atoms with Crippen LogP contribution in [-0.4, -0.2) is 24.0 Å². The molecule has 0 fully saturated rings. The molecule has 1 rings (SSSR count). The van der Waals surface area contributed by atoms with E-state index < -0.39 is 5.97 Å². The quantitative estimate of drug-likeness (QED) is 0.697. The molecule has 4 nitrogen and oxygen atoms in total. The van der Waals surface area contributed by atoms with Gasteiger partial charge in [0.25, 0.3) is 0 Å². The van der Waals surface area contributed by atoms with Crippen molar-refractivity contribution in [2.24, 2.45) is 0 Å². The SMILES string of the molecule is CCCCOC1CCC(CCC(=O)O)=C(C)O1. The zero-order chi connectivity index (χ0) is 12.7. The number of carboxylic acids is 1. The molecule has 0 saturated carbocycles. The zero-order valence-corrected chi connectivity index (χ0v) is 10.7. The summed E-state index contributed by atoms with van der Waals surface area (Å²) in [6, 6.07) is 0. The van der Waals surface area contributed by atoms with E-state index in [1.165, 1.54) is 0 Å². The van der Waals surface area contributed by atoms with Crippen molar-refractivity contribution in [3.05, 3.63) is 11.3 Å². The zero-order valence-electron chi connectivity index (χ0n) is 10.7. The first-order chi connectivity index (χ1) is 8.13. The van der Waals surface area contributed by atoms with Gasteiger partial charge in [-0.25, -0.2) is 0 Å². The molecule has 4 heteroatoms. The number of hydrogen-bond acceptors (Lipinski definition) is 3. The Balaban J connectivity index is 2.34. The highest BCUT2D eigenvalue weighted by atomic mass is 16.7. The first kappa shape index (κ1) is 14.0. The number of aliphatic carboxylic acids is 1. The Kier molecular flexibility index (Phi) is 6.05. The van der Waals surface area contributed by atoms with Gasteiger partial charge in [-0.3, -0.25) is 4.79 Å². The Morgan fingerprint density at radius 3 is 2.94 bits per heavy atom. The van der Waals surface area contributed by atoms with E-state index in [9.17, 15) is 4.79 Å². The van der Waals surface area contributed by atoms with Gasteiger partial charge in [-0.15, -0.1) is 0 Å². The van der Waals surface area contributed by atoms with Crippen LogP contribution in [0.15, 0.2) is 11.3 Å². The van der Waals surface area contributed by atoms with E-state index >= 15 is 0 Å². The van der Waals surface area contributed by atoms with Crippen LogP contribution in [0.25, 0.3) is 0 Å². The van der Waals surface area contributed by atoms with Crippen molar-refractivity contribution in [3.8, 4) is 0 Å². The first-order valence-electron chi connectivity index (χ1n) is 6.32. The lowest BCUT2D eigenvalue weighted by Crippen LogP contribution is -2.22. The van der Waals surface area contributed by atoms with Gasteiger partial charge in [-0.05, 0) is 31.8 Å². The van der Waals surface area contributed by atoms with E-state index in [1.54, 1.807) is 0 Å². The summed E-state index contributed by atoms with van der Waals surface area (Å²) in [7, 11) is 0. The maximum Gasteiger partial charge on any atom is 0.303 e. The molecule has 1 aliphatic heterocycles. The van der Waals surface area contributed by atoms with Crippen LogP contribution < -0.4 is 0 Å². The van der Waals surface area contributed by atoms with Crippen LogP contribution in [0.3, 0.4) is 0 Å². The molecule has 1 unspecified atom stereocenters. The van der Waals surface area contributed by atoms with Crippen molar-refractivity contribution in [1.82, 2.24) is 0 Å². The van der Waals surface area contributed by atoms with Crippen LogP contribution in [0.2, 0.25) is 0 Å². The van der Waals surface area contributed by atoms with E-state index in [0.717, 1.165) is 43.6 Å². The Bertz CT molecular complexity index is 283. The Labute approximate surface area is 103 Å². The molecule has 1 heterocycles. The molecule has 0 radical (unpaired) electrons. The van der Waals surface area contributed by atoms with Crippen molar-refractivity contribution >= 4 is 5.97 Å². The molecular weight excluding hydrogens is 220 g/mol. The number of carbonyl (C=O) groups is 1. The molecule has 0 aromatic heterocycles. The number of carboxylic acid groups (broad SMARTS) is 1. The Morgan fingerprint density at radius 1 is 1.59 bits per heavy atom. The number of rotatable bonds is 7. The average molecular weight is 242 g/mol. The van der Waals surface area contributed by atoms with E-state index in [1.807, 2.05) is 6.92 Å². The highest BCUT2D eigenvalue weighted by molar-refractivity contribution is 5.67. The van der Waals surface area contributed by atoms with Gasteiger partial charge in [0, 0.05) is 12.8 Å². The third-order valence-corrected chi connectivity index (χ3v) is 2.93. The van der Waals surface area contributed by atoms with Crippen molar-refractivity contribution < 1.29 is 19.4 Å². The number of hydrogen-bond donors (Lipinski definition) is 1. The predicted octanol–water partition coefficient (Wildman–Crippen LogP) is 3.08. The molecule has 17 heavy (non-hydrogen) atoms. The van der Waals surface area contributed by atoms with Gasteiger partial charge in [0.15, 0.2) is 6.29 Å². The normalized spacial score (nSPS) is 20.2. The summed E-state index contributed by atoms with van der Waals surface area (Å²) >= 11 is 0. The van der Waals surface area contributed by atoms with Crippen LogP contribution in [0, 0.1) is 0 Å². The fraction of sp³-hybridized carbons (Fsp3) is 0.769. The Hall–Kier alpha value is -1.03. The summed E-state index contributed by atoms with van der Waals surface area (Å²) in [5.41, 5.74) is 1.11. The maximum absolute atomic E-state index is 10.5. The minimum Gasteiger partial charge on any atom is -0.481 e. The predicted molar refractivity (Wildman–Crippen MR) is 64.5 cm³/mol. The summed E-state index contributed by atoms with van der Waals surface area (Å²) in [5, 5.41) is 8.64. The summed E-state index contributed by atoms with van der Waals surface area (Å²) in [6.45, 7) is 4.76. The van der Waals surface area contributed by atoms with E-state index in [0.29, 0.717) is 6.42 Å². The van der Waals surface area contributed by atoms with Crippen LogP contribution in [0.5, 0.6) is 0 Å². The van der Waals surface area contributed by atoms with E-state index in [-0.39, 0.29) is 12.7 Å². The van der Waals surface area contributed by atoms with Crippen LogP contribution in [0.1, 0.15) is 52.4 Å². The molecule has 1 atom stereocenters. The highest BCUT2D eigenvalue weighted by Gasteiger charge is 2.20. The van der Waals surface area contributed by atoms with Gasteiger partial charge < -0.3 is 14.6 Å². The smallest absolute Gasteiger partial charge is 0.303 e. The number of unbranched alkanes of at least 4 members (excludes halogenated alkanes) is 1. The third-order valence-electron chi connectivity index (χ3n) is 2.93. The molecular formula is C13H22O4. The lowest BCUT2D eigenvalue weighted by molar-refractivity contribution is -0.137. The molecule has 0 aliphatic carbocycles. The largest absolute Gasteiger partial charge is 0.481 e. The van der Waals surface area contributed by atoms with Crippen LogP contribution >= 0.6 is 0 Å². The minimum absolute atomic E-state index is 0.143. The van der Waals surface area contributed by atoms with Crippen LogP contribution in [-0.2, 0) is 14.3 Å². The van der Waals surface area contributed by atoms with Gasteiger partial charge in [-0.2, -0.15) is 0 Å². The summed E-state index contributed by atoms with van der Waals surface area (Å²) in [5.74, 6) is 0.0885. The lowest BCUT2D eigenvalue weighted by atomic mass is 10.0. The fourth-order valence-electron chi connectivity index (χ4n) is 1.84. The van der Waals surface area contributed by atoms with Gasteiger partial charge in [-0.1, -0.05) is 13.3 Å². The van der Waals surface area contributed by atoms with Crippen molar-refractivity contribution in [2.75, 3.05) is 6.61 Å². The standard InChI is InChI=1S/C13H22O4/c1-3-4-9-16-13-8-6-11(10(2)17-13)5-7-12(14)15/h13H,3-9H2,1-2H3,(H,14,15). The second-order valence-corrected chi connectivity index (χ2v) is 4.36. The first-order valence-corrected chi connectivity index (χ1v) is 6.32. The highest BCUT2D eigenvalue weighted by Crippen LogP contribution is 2.27. The molecule has 0 aromatic carbocycles. The lowest BCUT2D eigenvalue weighted by Gasteiger charge is -2.27. The molecule has 1 aliphatic rings. The molecule has 0 aromatic rings. The minimum atomic E-state index is -0.758. The third kappa shape index (κ3) is 5.22. The fourth-order valence-corrected chi connectivity index (χ4v) is 1.84. The summed E-state index contributed by atoms with van der Waals surface area (Å²) in [6.07, 6.45) is 4.50. The average Bonchev–Trinajstić information content (AvgIpc) is 2.28. The van der Waals surface area contributed by atoms with Gasteiger partial charge in [0.05, 0.1) is 12.4 Å². The molecule has 1 N–H and O–H groups in total. The molecule has 0 saturated heterocycles. The molecule has 0 amide bonds.